The highest BCUT2D eigenvalue weighted by Gasteiger charge is 2.12. The van der Waals surface area contributed by atoms with Crippen molar-refractivity contribution in [1.82, 2.24) is 10.3 Å². The lowest BCUT2D eigenvalue weighted by atomic mass is 10.0. The molecule has 1 heterocycles. The van der Waals surface area contributed by atoms with Crippen LogP contribution in [0.5, 0.6) is 0 Å². The standard InChI is InChI=1S/C18H16ClN3O2/c19-13-8-9-20-17(10-13)22-18(24)21-11-16(23)15-7-3-5-12-4-1-2-6-14(12)15/h1-10,16,23H,11H2,(H2,20,21,22,24). The van der Waals surface area contributed by atoms with Gasteiger partial charge >= 0.3 is 6.03 Å². The van der Waals surface area contributed by atoms with Gasteiger partial charge in [0.05, 0.1) is 6.10 Å². The largest absolute Gasteiger partial charge is 0.387 e. The molecule has 0 saturated carbocycles. The number of rotatable bonds is 4. The van der Waals surface area contributed by atoms with E-state index in [-0.39, 0.29) is 6.54 Å². The van der Waals surface area contributed by atoms with E-state index in [1.54, 1.807) is 12.1 Å². The number of fused-ring (bicyclic) bond motifs is 1. The third-order valence-corrected chi connectivity index (χ3v) is 3.84. The number of carbonyl (C=O) groups is 1. The maximum absolute atomic E-state index is 11.9. The summed E-state index contributed by atoms with van der Waals surface area (Å²) in [6.45, 7) is 0.0837. The zero-order valence-electron chi connectivity index (χ0n) is 12.7. The maximum atomic E-state index is 11.9. The summed E-state index contributed by atoms with van der Waals surface area (Å²) in [4.78, 5) is 15.9. The summed E-state index contributed by atoms with van der Waals surface area (Å²) in [7, 11) is 0. The Hall–Kier alpha value is -2.63. The average Bonchev–Trinajstić information content (AvgIpc) is 2.59. The van der Waals surface area contributed by atoms with Crippen molar-refractivity contribution in [3.63, 3.8) is 0 Å². The van der Waals surface area contributed by atoms with Gasteiger partial charge in [-0.1, -0.05) is 54.1 Å². The molecule has 0 fully saturated rings. The summed E-state index contributed by atoms with van der Waals surface area (Å²) in [5.41, 5.74) is 0.772. The van der Waals surface area contributed by atoms with Gasteiger partial charge in [-0.15, -0.1) is 0 Å². The molecule has 2 amide bonds. The van der Waals surface area contributed by atoms with Crippen LogP contribution < -0.4 is 10.6 Å². The van der Waals surface area contributed by atoms with Crippen LogP contribution in [0, 0.1) is 0 Å². The molecule has 0 radical (unpaired) electrons. The molecule has 5 nitrogen and oxygen atoms in total. The van der Waals surface area contributed by atoms with Crippen molar-refractivity contribution in [2.45, 2.75) is 6.10 Å². The second-order valence-corrected chi connectivity index (χ2v) is 5.71. The van der Waals surface area contributed by atoms with Crippen LogP contribution in [0.2, 0.25) is 5.02 Å². The Morgan fingerprint density at radius 1 is 1.17 bits per heavy atom. The zero-order valence-corrected chi connectivity index (χ0v) is 13.5. The van der Waals surface area contributed by atoms with E-state index in [0.717, 1.165) is 16.3 Å². The predicted octanol–water partition coefficient (Wildman–Crippen LogP) is 3.74. The van der Waals surface area contributed by atoms with Crippen LogP contribution >= 0.6 is 11.6 Å². The number of amides is 2. The van der Waals surface area contributed by atoms with Gasteiger partial charge in [0, 0.05) is 17.8 Å². The monoisotopic (exact) mass is 341 g/mol. The van der Waals surface area contributed by atoms with Crippen LogP contribution in [-0.2, 0) is 0 Å². The van der Waals surface area contributed by atoms with Crippen molar-refractivity contribution in [1.29, 1.82) is 0 Å². The Balaban J connectivity index is 1.64. The number of urea groups is 1. The average molecular weight is 342 g/mol. The number of aromatic nitrogens is 1. The molecule has 3 rings (SSSR count). The number of pyridine rings is 1. The number of hydrogen-bond acceptors (Lipinski definition) is 3. The lowest BCUT2D eigenvalue weighted by molar-refractivity contribution is 0.176. The molecule has 0 aliphatic carbocycles. The molecule has 0 saturated heterocycles. The molecule has 0 aliphatic heterocycles. The van der Waals surface area contributed by atoms with Gasteiger partial charge in [-0.25, -0.2) is 9.78 Å². The van der Waals surface area contributed by atoms with Crippen molar-refractivity contribution in [3.05, 3.63) is 71.4 Å². The quantitative estimate of drug-likeness (QED) is 0.676. The molecule has 1 aromatic heterocycles. The number of nitrogens with one attached hydrogen (secondary N) is 2. The molecule has 0 spiro atoms. The SMILES string of the molecule is O=C(NCC(O)c1cccc2ccccc12)Nc1cc(Cl)ccn1. The number of halogens is 1. The second-order valence-electron chi connectivity index (χ2n) is 5.28. The van der Waals surface area contributed by atoms with E-state index in [9.17, 15) is 9.90 Å². The van der Waals surface area contributed by atoms with Crippen molar-refractivity contribution in [3.8, 4) is 0 Å². The Morgan fingerprint density at radius 3 is 2.79 bits per heavy atom. The molecule has 24 heavy (non-hydrogen) atoms. The van der Waals surface area contributed by atoms with E-state index in [2.05, 4.69) is 15.6 Å². The first-order valence-electron chi connectivity index (χ1n) is 7.45. The Labute approximate surface area is 144 Å². The zero-order chi connectivity index (χ0) is 16.9. The summed E-state index contributed by atoms with van der Waals surface area (Å²) in [6, 6.07) is 16.2. The molecule has 1 atom stereocenters. The first kappa shape index (κ1) is 16.2. The van der Waals surface area contributed by atoms with Crippen LogP contribution in [0.4, 0.5) is 10.6 Å². The van der Waals surface area contributed by atoms with Gasteiger partial charge in [0.15, 0.2) is 0 Å². The summed E-state index contributed by atoms with van der Waals surface area (Å²) < 4.78 is 0. The fourth-order valence-corrected chi connectivity index (χ4v) is 2.63. The molecule has 1 unspecified atom stereocenters. The molecule has 0 aliphatic rings. The molecular formula is C18H16ClN3O2. The Morgan fingerprint density at radius 2 is 1.96 bits per heavy atom. The minimum Gasteiger partial charge on any atom is -0.387 e. The molecule has 3 aromatic rings. The number of aliphatic hydroxyl groups is 1. The third kappa shape index (κ3) is 3.82. The van der Waals surface area contributed by atoms with Gasteiger partial charge in [-0.3, -0.25) is 5.32 Å². The molecule has 0 bridgehead atoms. The third-order valence-electron chi connectivity index (χ3n) is 3.60. The van der Waals surface area contributed by atoms with Crippen LogP contribution in [0.25, 0.3) is 10.8 Å². The second kappa shape index (κ2) is 7.29. The van der Waals surface area contributed by atoms with E-state index in [0.29, 0.717) is 10.8 Å². The topological polar surface area (TPSA) is 74.2 Å². The fraction of sp³-hybridized carbons (Fsp3) is 0.111. The molecule has 2 aromatic carbocycles. The number of nitrogens with zero attached hydrogens (tertiary/aromatic N) is 1. The first-order chi connectivity index (χ1) is 11.6. The van der Waals surface area contributed by atoms with E-state index in [1.165, 1.54) is 6.20 Å². The van der Waals surface area contributed by atoms with E-state index in [4.69, 9.17) is 11.6 Å². The van der Waals surface area contributed by atoms with Gasteiger partial charge in [0.2, 0.25) is 0 Å². The highest BCUT2D eigenvalue weighted by atomic mass is 35.5. The van der Waals surface area contributed by atoms with Gasteiger partial charge in [0.25, 0.3) is 0 Å². The molecule has 3 N–H and O–H groups in total. The van der Waals surface area contributed by atoms with Gasteiger partial charge in [-0.05, 0) is 28.5 Å². The first-order valence-corrected chi connectivity index (χ1v) is 7.83. The summed E-state index contributed by atoms with van der Waals surface area (Å²) in [6.07, 6.45) is 0.692. The smallest absolute Gasteiger partial charge is 0.320 e. The maximum Gasteiger partial charge on any atom is 0.320 e. The van der Waals surface area contributed by atoms with Crippen molar-refractivity contribution < 1.29 is 9.90 Å². The van der Waals surface area contributed by atoms with Gasteiger partial charge < -0.3 is 10.4 Å². The lowest BCUT2D eigenvalue weighted by Crippen LogP contribution is -2.32. The van der Waals surface area contributed by atoms with Crippen LogP contribution in [-0.4, -0.2) is 22.7 Å². The summed E-state index contributed by atoms with van der Waals surface area (Å²) in [5, 5.41) is 18.1. The minimum atomic E-state index is -0.811. The van der Waals surface area contributed by atoms with E-state index >= 15 is 0 Å². The lowest BCUT2D eigenvalue weighted by Gasteiger charge is -2.15. The van der Waals surface area contributed by atoms with Crippen molar-refractivity contribution >= 4 is 34.2 Å². The minimum absolute atomic E-state index is 0.0837. The van der Waals surface area contributed by atoms with Crippen molar-refractivity contribution in [2.75, 3.05) is 11.9 Å². The van der Waals surface area contributed by atoms with E-state index in [1.807, 2.05) is 42.5 Å². The van der Waals surface area contributed by atoms with Gasteiger partial charge in [-0.2, -0.15) is 0 Å². The van der Waals surface area contributed by atoms with Gasteiger partial charge in [0.1, 0.15) is 5.82 Å². The molecule has 6 heteroatoms. The highest BCUT2D eigenvalue weighted by Crippen LogP contribution is 2.23. The van der Waals surface area contributed by atoms with Crippen LogP contribution in [0.15, 0.2) is 60.8 Å². The van der Waals surface area contributed by atoms with Crippen LogP contribution in [0.1, 0.15) is 11.7 Å². The highest BCUT2D eigenvalue weighted by molar-refractivity contribution is 6.30. The van der Waals surface area contributed by atoms with Crippen molar-refractivity contribution in [2.24, 2.45) is 0 Å². The Bertz CT molecular complexity index is 864. The fourth-order valence-electron chi connectivity index (χ4n) is 2.47. The van der Waals surface area contributed by atoms with Crippen LogP contribution in [0.3, 0.4) is 0 Å². The Kier molecular flexibility index (Phi) is 4.93. The summed E-state index contributed by atoms with van der Waals surface area (Å²) >= 11 is 5.84. The normalized spacial score (nSPS) is 11.9. The van der Waals surface area contributed by atoms with E-state index < -0.39 is 12.1 Å². The number of aliphatic hydroxyl groups excluding tert-OH is 1. The predicted molar refractivity (Wildman–Crippen MR) is 95.2 cm³/mol. The number of benzene rings is 2. The molecular weight excluding hydrogens is 326 g/mol. The number of hydrogen-bond donors (Lipinski definition) is 3. The number of carbonyl (C=O) groups excluding carboxylic acids is 1. The summed E-state index contributed by atoms with van der Waals surface area (Å²) in [5.74, 6) is 0.347. The number of anilines is 1. The molecule has 122 valence electrons.